The molecule has 0 fully saturated rings. The fourth-order valence-electron chi connectivity index (χ4n) is 1.65. The number of benzene rings is 2. The zero-order valence-corrected chi connectivity index (χ0v) is 11.2. The molecule has 0 bridgehead atoms. The SMILES string of the molecule is Cc1ccccc1Sc1ccc([C@H](C)O)cc1F. The Balaban J connectivity index is 2.28. The fraction of sp³-hybridized carbons (Fsp3) is 0.200. The molecule has 0 unspecified atom stereocenters. The first kappa shape index (κ1) is 13.1. The number of rotatable bonds is 3. The van der Waals surface area contributed by atoms with Crippen molar-refractivity contribution < 1.29 is 9.50 Å². The van der Waals surface area contributed by atoms with E-state index in [9.17, 15) is 9.50 Å². The zero-order chi connectivity index (χ0) is 13.1. The molecule has 94 valence electrons. The third-order valence-corrected chi connectivity index (χ3v) is 3.98. The molecule has 1 atom stereocenters. The number of hydrogen-bond acceptors (Lipinski definition) is 2. The van der Waals surface area contributed by atoms with Gasteiger partial charge in [0.2, 0.25) is 0 Å². The van der Waals surface area contributed by atoms with Crippen molar-refractivity contribution >= 4 is 11.8 Å². The van der Waals surface area contributed by atoms with Crippen LogP contribution in [0.1, 0.15) is 24.2 Å². The zero-order valence-electron chi connectivity index (χ0n) is 10.4. The minimum Gasteiger partial charge on any atom is -0.389 e. The molecule has 2 aromatic rings. The summed E-state index contributed by atoms with van der Waals surface area (Å²) < 4.78 is 13.9. The maximum absolute atomic E-state index is 13.9. The highest BCUT2D eigenvalue weighted by Crippen LogP contribution is 2.32. The Hall–Kier alpha value is -1.32. The van der Waals surface area contributed by atoms with Crippen LogP contribution >= 0.6 is 11.8 Å². The minimum absolute atomic E-state index is 0.290. The monoisotopic (exact) mass is 262 g/mol. The molecule has 0 saturated carbocycles. The summed E-state index contributed by atoms with van der Waals surface area (Å²) in [5, 5.41) is 9.40. The van der Waals surface area contributed by atoms with Crippen LogP contribution in [0.3, 0.4) is 0 Å². The molecule has 1 N–H and O–H groups in total. The summed E-state index contributed by atoms with van der Waals surface area (Å²) in [7, 11) is 0. The molecule has 0 aliphatic heterocycles. The maximum Gasteiger partial charge on any atom is 0.137 e. The van der Waals surface area contributed by atoms with E-state index in [-0.39, 0.29) is 5.82 Å². The summed E-state index contributed by atoms with van der Waals surface area (Å²) in [6.45, 7) is 3.63. The topological polar surface area (TPSA) is 20.2 Å². The highest BCUT2D eigenvalue weighted by molar-refractivity contribution is 7.99. The lowest BCUT2D eigenvalue weighted by Gasteiger charge is -2.09. The average molecular weight is 262 g/mol. The highest BCUT2D eigenvalue weighted by Gasteiger charge is 2.09. The van der Waals surface area contributed by atoms with Gasteiger partial charge in [-0.1, -0.05) is 36.0 Å². The average Bonchev–Trinajstić information content (AvgIpc) is 2.34. The molecule has 0 amide bonds. The minimum atomic E-state index is -0.642. The molecule has 0 spiro atoms. The quantitative estimate of drug-likeness (QED) is 0.888. The predicted octanol–water partition coefficient (Wildman–Crippen LogP) is 4.34. The lowest BCUT2D eigenvalue weighted by atomic mass is 10.1. The van der Waals surface area contributed by atoms with E-state index >= 15 is 0 Å². The van der Waals surface area contributed by atoms with Gasteiger partial charge in [-0.25, -0.2) is 4.39 Å². The second kappa shape index (κ2) is 5.55. The Labute approximate surface area is 111 Å². The molecule has 2 rings (SSSR count). The lowest BCUT2D eigenvalue weighted by molar-refractivity contribution is 0.198. The van der Waals surface area contributed by atoms with Crippen LogP contribution in [0.15, 0.2) is 52.3 Å². The van der Waals surface area contributed by atoms with Crippen molar-refractivity contribution in [1.29, 1.82) is 0 Å². The third kappa shape index (κ3) is 2.92. The van der Waals surface area contributed by atoms with Crippen LogP contribution in [0.25, 0.3) is 0 Å². The number of halogens is 1. The molecule has 0 aromatic heterocycles. The molecule has 0 radical (unpaired) electrons. The van der Waals surface area contributed by atoms with E-state index in [0.29, 0.717) is 10.5 Å². The van der Waals surface area contributed by atoms with Gasteiger partial charge in [0.1, 0.15) is 5.82 Å². The fourth-order valence-corrected chi connectivity index (χ4v) is 2.55. The van der Waals surface area contributed by atoms with Crippen molar-refractivity contribution in [1.82, 2.24) is 0 Å². The summed E-state index contributed by atoms with van der Waals surface area (Å²) in [5.74, 6) is -0.290. The number of aryl methyl sites for hydroxylation is 1. The largest absolute Gasteiger partial charge is 0.389 e. The van der Waals surface area contributed by atoms with E-state index in [4.69, 9.17) is 0 Å². The van der Waals surface area contributed by atoms with Crippen molar-refractivity contribution in [3.05, 3.63) is 59.4 Å². The second-order valence-electron chi connectivity index (χ2n) is 4.23. The van der Waals surface area contributed by atoms with Crippen molar-refractivity contribution in [3.63, 3.8) is 0 Å². The van der Waals surface area contributed by atoms with E-state index in [1.807, 2.05) is 31.2 Å². The van der Waals surface area contributed by atoms with E-state index in [1.165, 1.54) is 17.8 Å². The molecule has 0 aliphatic rings. The van der Waals surface area contributed by atoms with E-state index in [2.05, 4.69) is 0 Å². The molecule has 0 saturated heterocycles. The molecule has 1 nitrogen and oxygen atoms in total. The van der Waals surface area contributed by atoms with Gasteiger partial charge in [-0.3, -0.25) is 0 Å². The molecule has 2 aromatic carbocycles. The first-order valence-electron chi connectivity index (χ1n) is 5.79. The summed E-state index contributed by atoms with van der Waals surface area (Å²) in [5.41, 5.74) is 1.73. The van der Waals surface area contributed by atoms with Crippen LogP contribution in [0.4, 0.5) is 4.39 Å². The van der Waals surface area contributed by atoms with Crippen LogP contribution in [0.5, 0.6) is 0 Å². The van der Waals surface area contributed by atoms with Crippen molar-refractivity contribution in [2.24, 2.45) is 0 Å². The van der Waals surface area contributed by atoms with Crippen LogP contribution in [0, 0.1) is 12.7 Å². The van der Waals surface area contributed by atoms with E-state index < -0.39 is 6.10 Å². The summed E-state index contributed by atoms with van der Waals surface area (Å²) in [6.07, 6.45) is -0.642. The van der Waals surface area contributed by atoms with Gasteiger partial charge in [0.25, 0.3) is 0 Å². The second-order valence-corrected chi connectivity index (χ2v) is 5.32. The Morgan fingerprint density at radius 3 is 2.44 bits per heavy atom. The normalized spacial score (nSPS) is 12.4. The van der Waals surface area contributed by atoms with E-state index in [0.717, 1.165) is 10.5 Å². The lowest BCUT2D eigenvalue weighted by Crippen LogP contribution is -1.93. The Morgan fingerprint density at radius 1 is 1.11 bits per heavy atom. The van der Waals surface area contributed by atoms with Gasteiger partial charge < -0.3 is 5.11 Å². The molecule has 18 heavy (non-hydrogen) atoms. The van der Waals surface area contributed by atoms with Gasteiger partial charge in [0, 0.05) is 9.79 Å². The van der Waals surface area contributed by atoms with Gasteiger partial charge >= 0.3 is 0 Å². The summed E-state index contributed by atoms with van der Waals surface area (Å²) in [4.78, 5) is 1.62. The molecular weight excluding hydrogens is 247 g/mol. The number of hydrogen-bond donors (Lipinski definition) is 1. The molecular formula is C15H15FOS. The van der Waals surface area contributed by atoms with Crippen molar-refractivity contribution in [2.45, 2.75) is 29.7 Å². The van der Waals surface area contributed by atoms with Gasteiger partial charge in [0.15, 0.2) is 0 Å². The molecule has 0 aliphatic carbocycles. The van der Waals surface area contributed by atoms with Crippen LogP contribution in [-0.2, 0) is 0 Å². The smallest absolute Gasteiger partial charge is 0.137 e. The van der Waals surface area contributed by atoms with Gasteiger partial charge in [0.05, 0.1) is 6.10 Å². The third-order valence-electron chi connectivity index (χ3n) is 2.75. The highest BCUT2D eigenvalue weighted by atomic mass is 32.2. The van der Waals surface area contributed by atoms with Crippen LogP contribution < -0.4 is 0 Å². The van der Waals surface area contributed by atoms with Gasteiger partial charge in [-0.15, -0.1) is 0 Å². The Morgan fingerprint density at radius 2 is 1.83 bits per heavy atom. The maximum atomic E-state index is 13.9. The number of aliphatic hydroxyl groups excluding tert-OH is 1. The number of aliphatic hydroxyl groups is 1. The standard InChI is InChI=1S/C15H15FOS/c1-10-5-3-4-6-14(10)18-15-8-7-12(11(2)17)9-13(15)16/h3-9,11,17H,1-2H3/t11-/m0/s1. The molecule has 3 heteroatoms. The Kier molecular flexibility index (Phi) is 4.04. The van der Waals surface area contributed by atoms with Crippen molar-refractivity contribution in [3.8, 4) is 0 Å². The van der Waals surface area contributed by atoms with Crippen LogP contribution in [-0.4, -0.2) is 5.11 Å². The van der Waals surface area contributed by atoms with Crippen molar-refractivity contribution in [2.75, 3.05) is 0 Å². The van der Waals surface area contributed by atoms with E-state index in [1.54, 1.807) is 19.1 Å². The van der Waals surface area contributed by atoms with Gasteiger partial charge in [-0.05, 0) is 43.2 Å². The summed E-state index contributed by atoms with van der Waals surface area (Å²) in [6, 6.07) is 12.8. The Bertz CT molecular complexity index is 552. The molecule has 0 heterocycles. The van der Waals surface area contributed by atoms with Gasteiger partial charge in [-0.2, -0.15) is 0 Å². The first-order chi connectivity index (χ1) is 8.58. The first-order valence-corrected chi connectivity index (χ1v) is 6.60. The summed E-state index contributed by atoms with van der Waals surface area (Å²) >= 11 is 1.40. The van der Waals surface area contributed by atoms with Crippen LogP contribution in [0.2, 0.25) is 0 Å². The predicted molar refractivity (Wildman–Crippen MR) is 72.3 cm³/mol.